The molecule has 2 atom stereocenters. The standard InChI is InChI=1S/C10H23NO/c1-6-11-9(4)7-12-10(5)8(2)3/h8-11H,6-7H2,1-5H3. The predicted molar refractivity (Wildman–Crippen MR) is 53.4 cm³/mol. The molecule has 0 heterocycles. The van der Waals surface area contributed by atoms with Crippen LogP contribution in [0.15, 0.2) is 0 Å². The van der Waals surface area contributed by atoms with Gasteiger partial charge in [-0.25, -0.2) is 0 Å². The molecule has 2 nitrogen and oxygen atoms in total. The van der Waals surface area contributed by atoms with Gasteiger partial charge in [-0.1, -0.05) is 20.8 Å². The fourth-order valence-electron chi connectivity index (χ4n) is 0.896. The molecule has 0 fully saturated rings. The number of rotatable bonds is 6. The van der Waals surface area contributed by atoms with E-state index in [1.54, 1.807) is 0 Å². The minimum absolute atomic E-state index is 0.367. The molecule has 0 aliphatic carbocycles. The van der Waals surface area contributed by atoms with Gasteiger partial charge in [-0.2, -0.15) is 0 Å². The van der Waals surface area contributed by atoms with Crippen molar-refractivity contribution in [1.82, 2.24) is 5.32 Å². The molecule has 0 aliphatic rings. The summed E-state index contributed by atoms with van der Waals surface area (Å²) in [5, 5.41) is 3.31. The Bertz CT molecular complexity index is 104. The lowest BCUT2D eigenvalue weighted by atomic mass is 10.1. The summed E-state index contributed by atoms with van der Waals surface area (Å²) in [6.45, 7) is 12.6. The van der Waals surface area contributed by atoms with Crippen molar-refractivity contribution in [2.24, 2.45) is 5.92 Å². The smallest absolute Gasteiger partial charge is 0.0620 e. The molecule has 0 aromatic carbocycles. The van der Waals surface area contributed by atoms with Crippen LogP contribution in [0.5, 0.6) is 0 Å². The predicted octanol–water partition coefficient (Wildman–Crippen LogP) is 2.05. The van der Waals surface area contributed by atoms with E-state index in [1.165, 1.54) is 0 Å². The Morgan fingerprint density at radius 1 is 1.17 bits per heavy atom. The monoisotopic (exact) mass is 173 g/mol. The van der Waals surface area contributed by atoms with E-state index in [4.69, 9.17) is 4.74 Å². The van der Waals surface area contributed by atoms with Crippen molar-refractivity contribution >= 4 is 0 Å². The highest BCUT2D eigenvalue weighted by Gasteiger charge is 2.08. The highest BCUT2D eigenvalue weighted by atomic mass is 16.5. The Labute approximate surface area is 76.7 Å². The molecular weight excluding hydrogens is 150 g/mol. The summed E-state index contributed by atoms with van der Waals surface area (Å²) >= 11 is 0. The summed E-state index contributed by atoms with van der Waals surface area (Å²) in [6, 6.07) is 0.469. The van der Waals surface area contributed by atoms with Crippen LogP contribution < -0.4 is 5.32 Å². The Morgan fingerprint density at radius 2 is 1.75 bits per heavy atom. The van der Waals surface area contributed by atoms with Gasteiger partial charge in [0.05, 0.1) is 12.7 Å². The van der Waals surface area contributed by atoms with Crippen LogP contribution in [0.1, 0.15) is 34.6 Å². The van der Waals surface area contributed by atoms with Crippen molar-refractivity contribution in [3.05, 3.63) is 0 Å². The summed E-state index contributed by atoms with van der Waals surface area (Å²) in [5.74, 6) is 0.610. The third-order valence-electron chi connectivity index (χ3n) is 2.10. The van der Waals surface area contributed by atoms with Gasteiger partial charge in [-0.3, -0.25) is 0 Å². The van der Waals surface area contributed by atoms with E-state index < -0.39 is 0 Å². The van der Waals surface area contributed by atoms with E-state index in [0.29, 0.717) is 18.1 Å². The van der Waals surface area contributed by atoms with Crippen molar-refractivity contribution < 1.29 is 4.74 Å². The largest absolute Gasteiger partial charge is 0.377 e. The second-order valence-electron chi connectivity index (χ2n) is 3.74. The molecule has 0 saturated carbocycles. The van der Waals surface area contributed by atoms with Gasteiger partial charge in [0.25, 0.3) is 0 Å². The number of likely N-dealkylation sites (N-methyl/N-ethyl adjacent to an activating group) is 1. The topological polar surface area (TPSA) is 21.3 Å². The zero-order valence-electron chi connectivity index (χ0n) is 9.05. The van der Waals surface area contributed by atoms with Crippen molar-refractivity contribution in [3.8, 4) is 0 Å². The maximum absolute atomic E-state index is 5.66. The molecule has 0 bridgehead atoms. The summed E-state index contributed by atoms with van der Waals surface area (Å²) in [5.41, 5.74) is 0. The lowest BCUT2D eigenvalue weighted by Crippen LogP contribution is -2.32. The first-order chi connectivity index (χ1) is 5.57. The summed E-state index contributed by atoms with van der Waals surface area (Å²) in [7, 11) is 0. The van der Waals surface area contributed by atoms with E-state index in [2.05, 4.69) is 39.9 Å². The summed E-state index contributed by atoms with van der Waals surface area (Å²) < 4.78 is 5.66. The summed E-state index contributed by atoms with van der Waals surface area (Å²) in [4.78, 5) is 0. The van der Waals surface area contributed by atoms with Gasteiger partial charge in [0.1, 0.15) is 0 Å². The lowest BCUT2D eigenvalue weighted by Gasteiger charge is -2.19. The summed E-state index contributed by atoms with van der Waals surface area (Å²) in [6.07, 6.45) is 0.367. The minimum atomic E-state index is 0.367. The molecule has 12 heavy (non-hydrogen) atoms. The quantitative estimate of drug-likeness (QED) is 0.663. The number of hydrogen-bond acceptors (Lipinski definition) is 2. The first-order valence-corrected chi connectivity index (χ1v) is 4.92. The first-order valence-electron chi connectivity index (χ1n) is 4.92. The Hall–Kier alpha value is -0.0800. The van der Waals surface area contributed by atoms with Crippen molar-refractivity contribution in [3.63, 3.8) is 0 Å². The SMILES string of the molecule is CCNC(C)COC(C)C(C)C. The van der Waals surface area contributed by atoms with E-state index in [1.807, 2.05) is 0 Å². The van der Waals surface area contributed by atoms with Crippen molar-refractivity contribution in [2.45, 2.75) is 46.8 Å². The fraction of sp³-hybridized carbons (Fsp3) is 1.00. The molecule has 0 aromatic rings. The van der Waals surface area contributed by atoms with E-state index >= 15 is 0 Å². The first kappa shape index (κ1) is 11.9. The van der Waals surface area contributed by atoms with Crippen molar-refractivity contribution in [2.75, 3.05) is 13.2 Å². The molecule has 0 aromatic heterocycles. The van der Waals surface area contributed by atoms with Crippen LogP contribution in [-0.2, 0) is 4.74 Å². The van der Waals surface area contributed by atoms with Crippen LogP contribution in [0.2, 0.25) is 0 Å². The second-order valence-corrected chi connectivity index (χ2v) is 3.74. The molecule has 0 saturated heterocycles. The molecule has 0 radical (unpaired) electrons. The third kappa shape index (κ3) is 5.56. The van der Waals surface area contributed by atoms with Gasteiger partial charge in [0.15, 0.2) is 0 Å². The Morgan fingerprint density at radius 3 is 2.17 bits per heavy atom. The van der Waals surface area contributed by atoms with Gasteiger partial charge < -0.3 is 10.1 Å². The van der Waals surface area contributed by atoms with Gasteiger partial charge in [-0.05, 0) is 26.3 Å². The normalized spacial score (nSPS) is 16.5. The van der Waals surface area contributed by atoms with Crippen LogP contribution in [0, 0.1) is 5.92 Å². The average Bonchev–Trinajstić information content (AvgIpc) is 2.00. The molecule has 1 N–H and O–H groups in total. The minimum Gasteiger partial charge on any atom is -0.377 e. The van der Waals surface area contributed by atoms with Crippen LogP contribution >= 0.6 is 0 Å². The highest BCUT2D eigenvalue weighted by molar-refractivity contribution is 4.60. The molecule has 2 unspecified atom stereocenters. The zero-order valence-corrected chi connectivity index (χ0v) is 9.05. The number of hydrogen-bond donors (Lipinski definition) is 1. The highest BCUT2D eigenvalue weighted by Crippen LogP contribution is 2.05. The number of nitrogens with one attached hydrogen (secondary N) is 1. The molecule has 0 rings (SSSR count). The second kappa shape index (κ2) is 6.44. The molecule has 74 valence electrons. The molecule has 0 spiro atoms. The maximum atomic E-state index is 5.66. The third-order valence-corrected chi connectivity index (χ3v) is 2.10. The number of ether oxygens (including phenoxy) is 1. The van der Waals surface area contributed by atoms with E-state index in [9.17, 15) is 0 Å². The average molecular weight is 173 g/mol. The van der Waals surface area contributed by atoms with E-state index in [-0.39, 0.29) is 0 Å². The fourth-order valence-corrected chi connectivity index (χ4v) is 0.896. The molecule has 2 heteroatoms. The molecular formula is C10H23NO. The van der Waals surface area contributed by atoms with Crippen LogP contribution in [0.4, 0.5) is 0 Å². The van der Waals surface area contributed by atoms with E-state index in [0.717, 1.165) is 13.2 Å². The lowest BCUT2D eigenvalue weighted by molar-refractivity contribution is 0.0249. The molecule has 0 aliphatic heterocycles. The van der Waals surface area contributed by atoms with Crippen LogP contribution in [-0.4, -0.2) is 25.3 Å². The maximum Gasteiger partial charge on any atom is 0.0620 e. The van der Waals surface area contributed by atoms with Gasteiger partial charge in [-0.15, -0.1) is 0 Å². The van der Waals surface area contributed by atoms with Gasteiger partial charge >= 0.3 is 0 Å². The zero-order chi connectivity index (χ0) is 9.56. The van der Waals surface area contributed by atoms with Crippen molar-refractivity contribution in [1.29, 1.82) is 0 Å². The van der Waals surface area contributed by atoms with Gasteiger partial charge in [0.2, 0.25) is 0 Å². The van der Waals surface area contributed by atoms with Gasteiger partial charge in [0, 0.05) is 6.04 Å². The van der Waals surface area contributed by atoms with Crippen LogP contribution in [0.25, 0.3) is 0 Å². The Balaban J connectivity index is 3.40. The van der Waals surface area contributed by atoms with Crippen LogP contribution in [0.3, 0.4) is 0 Å². The Kier molecular flexibility index (Phi) is 6.39. The molecule has 0 amide bonds.